The molecule has 0 aliphatic carbocycles. The number of benzene rings is 2. The van der Waals surface area contributed by atoms with Crippen LogP contribution in [0.25, 0.3) is 0 Å². The van der Waals surface area contributed by atoms with Crippen molar-refractivity contribution < 1.29 is 18.8 Å². The molecule has 0 aliphatic heterocycles. The highest BCUT2D eigenvalue weighted by Crippen LogP contribution is 2.20. The first-order chi connectivity index (χ1) is 17.4. The first-order valence-corrected chi connectivity index (χ1v) is 11.2. The standard InChI is InChI=1S/C25H20ClFN6O3/c26-20-13-16(27)1-6-19(20)23(34)32-17-2-4-18(5-3-17)33-25(36)22-21(30-14-31-22)24(35)29-12-9-15-7-10-28-11-8-15/h1-8,10-11,13-14H,9,12H2,(H,29,35)(H,30,31)(H,32,34)(H,33,36). The SMILES string of the molecule is O=C(Nc1ccc(NC(=O)c2nc[nH]c2C(=O)NCCc2ccncc2)cc1)c1ccc(F)cc1Cl. The van der Waals surface area contributed by atoms with Gasteiger partial charge >= 0.3 is 0 Å². The molecule has 0 fully saturated rings. The maximum absolute atomic E-state index is 13.2. The summed E-state index contributed by atoms with van der Waals surface area (Å²) in [6, 6.07) is 13.5. The number of aromatic nitrogens is 3. The number of aromatic amines is 1. The van der Waals surface area contributed by atoms with E-state index in [1.807, 2.05) is 12.1 Å². The minimum Gasteiger partial charge on any atom is -0.350 e. The number of pyridine rings is 1. The molecule has 3 amide bonds. The molecule has 4 N–H and O–H groups in total. The van der Waals surface area contributed by atoms with Gasteiger partial charge in [-0.15, -0.1) is 0 Å². The molecule has 0 bridgehead atoms. The highest BCUT2D eigenvalue weighted by molar-refractivity contribution is 6.34. The van der Waals surface area contributed by atoms with E-state index in [1.165, 1.54) is 12.4 Å². The number of H-pyrrole nitrogens is 1. The Hall–Kier alpha value is -4.57. The lowest BCUT2D eigenvalue weighted by atomic mass is 10.2. The largest absolute Gasteiger partial charge is 0.350 e. The number of halogens is 2. The van der Waals surface area contributed by atoms with Crippen LogP contribution in [0.2, 0.25) is 5.02 Å². The summed E-state index contributed by atoms with van der Waals surface area (Å²) in [6.45, 7) is 0.374. The smallest absolute Gasteiger partial charge is 0.276 e. The molecular weight excluding hydrogens is 487 g/mol. The van der Waals surface area contributed by atoms with Gasteiger partial charge < -0.3 is 20.9 Å². The third kappa shape index (κ3) is 6.10. The van der Waals surface area contributed by atoms with E-state index in [9.17, 15) is 18.8 Å². The minimum atomic E-state index is -0.578. The van der Waals surface area contributed by atoms with E-state index in [4.69, 9.17) is 11.6 Å². The molecule has 0 radical (unpaired) electrons. The lowest BCUT2D eigenvalue weighted by Crippen LogP contribution is -2.28. The third-order valence-corrected chi connectivity index (χ3v) is 5.42. The average molecular weight is 507 g/mol. The third-order valence-electron chi connectivity index (χ3n) is 5.11. The van der Waals surface area contributed by atoms with E-state index in [0.29, 0.717) is 24.3 Å². The van der Waals surface area contributed by atoms with E-state index < -0.39 is 23.5 Å². The Bertz CT molecular complexity index is 1390. The van der Waals surface area contributed by atoms with Crippen LogP contribution in [0.1, 0.15) is 36.9 Å². The summed E-state index contributed by atoms with van der Waals surface area (Å²) in [5.41, 5.74) is 1.99. The van der Waals surface area contributed by atoms with E-state index in [1.54, 1.807) is 36.7 Å². The van der Waals surface area contributed by atoms with Gasteiger partial charge in [0.15, 0.2) is 5.69 Å². The summed E-state index contributed by atoms with van der Waals surface area (Å²) in [4.78, 5) is 48.3. The molecule has 182 valence electrons. The first-order valence-electron chi connectivity index (χ1n) is 10.8. The Morgan fingerprint density at radius 1 is 0.889 bits per heavy atom. The fourth-order valence-corrected chi connectivity index (χ4v) is 3.55. The van der Waals surface area contributed by atoms with Gasteiger partial charge in [0.25, 0.3) is 17.7 Å². The summed E-state index contributed by atoms with van der Waals surface area (Å²) in [7, 11) is 0. The number of amides is 3. The summed E-state index contributed by atoms with van der Waals surface area (Å²) < 4.78 is 13.2. The summed E-state index contributed by atoms with van der Waals surface area (Å²) >= 11 is 5.93. The van der Waals surface area contributed by atoms with Crippen molar-refractivity contribution in [3.05, 3.63) is 107 Å². The quantitative estimate of drug-likeness (QED) is 0.286. The predicted octanol–water partition coefficient (Wildman–Crippen LogP) is 4.07. The second kappa shape index (κ2) is 11.2. The van der Waals surface area contributed by atoms with Crippen LogP contribution >= 0.6 is 11.6 Å². The summed E-state index contributed by atoms with van der Waals surface area (Å²) in [5.74, 6) is -2.08. The van der Waals surface area contributed by atoms with Crippen LogP contribution in [0.4, 0.5) is 15.8 Å². The van der Waals surface area contributed by atoms with Gasteiger partial charge in [0.05, 0.1) is 16.9 Å². The molecule has 0 unspecified atom stereocenters. The molecule has 0 spiro atoms. The van der Waals surface area contributed by atoms with Crippen molar-refractivity contribution >= 4 is 40.7 Å². The molecule has 0 aliphatic rings. The molecule has 0 saturated heterocycles. The first kappa shape index (κ1) is 24.6. The number of carbonyl (C=O) groups is 3. The van der Waals surface area contributed by atoms with Gasteiger partial charge in [-0.3, -0.25) is 19.4 Å². The fraction of sp³-hybridized carbons (Fsp3) is 0.0800. The molecule has 36 heavy (non-hydrogen) atoms. The molecule has 2 aromatic carbocycles. The van der Waals surface area contributed by atoms with Crippen LogP contribution in [0.5, 0.6) is 0 Å². The van der Waals surface area contributed by atoms with Gasteiger partial charge in [-0.05, 0) is 66.6 Å². The average Bonchev–Trinajstić information content (AvgIpc) is 3.36. The summed E-state index contributed by atoms with van der Waals surface area (Å²) in [5, 5.41) is 8.07. The lowest BCUT2D eigenvalue weighted by Gasteiger charge is -2.09. The van der Waals surface area contributed by atoms with Crippen molar-refractivity contribution in [2.24, 2.45) is 0 Å². The zero-order valence-corrected chi connectivity index (χ0v) is 19.5. The number of nitrogens with one attached hydrogen (secondary N) is 4. The van der Waals surface area contributed by atoms with Crippen molar-refractivity contribution in [3.63, 3.8) is 0 Å². The van der Waals surface area contributed by atoms with Crippen molar-refractivity contribution in [2.75, 3.05) is 17.2 Å². The van der Waals surface area contributed by atoms with Crippen LogP contribution in [-0.2, 0) is 6.42 Å². The molecule has 2 aromatic heterocycles. The van der Waals surface area contributed by atoms with Gasteiger partial charge in [-0.25, -0.2) is 9.37 Å². The molecule has 0 atom stereocenters. The van der Waals surface area contributed by atoms with Crippen molar-refractivity contribution in [3.8, 4) is 0 Å². The van der Waals surface area contributed by atoms with Crippen LogP contribution in [0, 0.1) is 5.82 Å². The number of imidazole rings is 1. The Kier molecular flexibility index (Phi) is 7.66. The van der Waals surface area contributed by atoms with Crippen molar-refractivity contribution in [2.45, 2.75) is 6.42 Å². The zero-order valence-electron chi connectivity index (χ0n) is 18.7. The fourth-order valence-electron chi connectivity index (χ4n) is 3.30. The number of anilines is 2. The second-order valence-corrected chi connectivity index (χ2v) is 8.00. The van der Waals surface area contributed by atoms with E-state index >= 15 is 0 Å². The minimum absolute atomic E-state index is 0.00686. The highest BCUT2D eigenvalue weighted by Gasteiger charge is 2.20. The topological polar surface area (TPSA) is 129 Å². The molecule has 2 heterocycles. The lowest BCUT2D eigenvalue weighted by molar-refractivity contribution is 0.0935. The van der Waals surface area contributed by atoms with Gasteiger partial charge in [-0.2, -0.15) is 0 Å². The van der Waals surface area contributed by atoms with Gasteiger partial charge in [0.2, 0.25) is 0 Å². The zero-order chi connectivity index (χ0) is 25.5. The molecule has 4 aromatic rings. The van der Waals surface area contributed by atoms with Gasteiger partial charge in [0, 0.05) is 30.3 Å². The normalized spacial score (nSPS) is 10.5. The predicted molar refractivity (Wildman–Crippen MR) is 133 cm³/mol. The summed E-state index contributed by atoms with van der Waals surface area (Å²) in [6.07, 6.45) is 5.23. The van der Waals surface area contributed by atoms with Crippen LogP contribution < -0.4 is 16.0 Å². The van der Waals surface area contributed by atoms with Crippen molar-refractivity contribution in [1.29, 1.82) is 0 Å². The highest BCUT2D eigenvalue weighted by atomic mass is 35.5. The van der Waals surface area contributed by atoms with Gasteiger partial charge in [-0.1, -0.05) is 11.6 Å². The Balaban J connectivity index is 1.34. The number of hydrogen-bond donors (Lipinski definition) is 4. The van der Waals surface area contributed by atoms with Crippen LogP contribution in [-0.4, -0.2) is 39.2 Å². The molecule has 4 rings (SSSR count). The maximum Gasteiger partial charge on any atom is 0.276 e. The van der Waals surface area contributed by atoms with E-state index in [2.05, 4.69) is 30.9 Å². The maximum atomic E-state index is 13.2. The van der Waals surface area contributed by atoms with Crippen LogP contribution in [0.3, 0.4) is 0 Å². The molecular formula is C25H20ClFN6O3. The van der Waals surface area contributed by atoms with E-state index in [-0.39, 0.29) is 22.0 Å². The molecule has 9 nitrogen and oxygen atoms in total. The number of hydrogen-bond acceptors (Lipinski definition) is 5. The van der Waals surface area contributed by atoms with Crippen LogP contribution in [0.15, 0.2) is 73.3 Å². The van der Waals surface area contributed by atoms with Crippen molar-refractivity contribution in [1.82, 2.24) is 20.3 Å². The number of carbonyl (C=O) groups excluding carboxylic acids is 3. The van der Waals surface area contributed by atoms with E-state index in [0.717, 1.165) is 17.7 Å². The number of rotatable bonds is 8. The van der Waals surface area contributed by atoms with Gasteiger partial charge in [0.1, 0.15) is 11.5 Å². The Morgan fingerprint density at radius 3 is 2.22 bits per heavy atom. The second-order valence-electron chi connectivity index (χ2n) is 7.60. The Morgan fingerprint density at radius 2 is 1.56 bits per heavy atom. The molecule has 11 heteroatoms. The molecule has 0 saturated carbocycles. The monoisotopic (exact) mass is 506 g/mol. The number of nitrogens with zero attached hydrogens (tertiary/aromatic N) is 2. The Labute approximate surface area is 210 Å².